The van der Waals surface area contributed by atoms with Gasteiger partial charge in [-0.05, 0) is 32.5 Å². The van der Waals surface area contributed by atoms with E-state index < -0.39 is 0 Å². The van der Waals surface area contributed by atoms with E-state index in [2.05, 4.69) is 28.3 Å². The first kappa shape index (κ1) is 12.0. The van der Waals surface area contributed by atoms with Crippen molar-refractivity contribution in [2.45, 2.75) is 25.4 Å². The van der Waals surface area contributed by atoms with Gasteiger partial charge in [0.1, 0.15) is 11.8 Å². The maximum absolute atomic E-state index is 8.92. The molecule has 1 aliphatic rings. The first-order chi connectivity index (χ1) is 8.31. The number of likely N-dealkylation sites (tertiary alicyclic amines) is 1. The Labute approximate surface area is 102 Å². The largest absolute Gasteiger partial charge is 0.311 e. The summed E-state index contributed by atoms with van der Waals surface area (Å²) in [5, 5.41) is 12.3. The molecule has 0 radical (unpaired) electrons. The Kier molecular flexibility index (Phi) is 4.08. The van der Waals surface area contributed by atoms with Gasteiger partial charge in [0, 0.05) is 30.9 Å². The average molecular weight is 230 g/mol. The molecule has 0 aromatic carbocycles. The summed E-state index contributed by atoms with van der Waals surface area (Å²) < 4.78 is 0. The third-order valence-corrected chi connectivity index (χ3v) is 3.36. The van der Waals surface area contributed by atoms with Crippen molar-refractivity contribution in [1.82, 2.24) is 15.2 Å². The Morgan fingerprint density at radius 3 is 3.24 bits per heavy atom. The highest BCUT2D eigenvalue weighted by atomic mass is 15.2. The minimum atomic E-state index is 0.528. The van der Waals surface area contributed by atoms with Crippen LogP contribution in [0.15, 0.2) is 18.3 Å². The lowest BCUT2D eigenvalue weighted by Crippen LogP contribution is -2.35. The molecule has 1 aromatic heterocycles. The van der Waals surface area contributed by atoms with Gasteiger partial charge in [0.15, 0.2) is 0 Å². The van der Waals surface area contributed by atoms with E-state index in [4.69, 9.17) is 5.26 Å². The van der Waals surface area contributed by atoms with Crippen LogP contribution < -0.4 is 5.32 Å². The molecular formula is C13H18N4. The van der Waals surface area contributed by atoms with E-state index in [1.165, 1.54) is 19.4 Å². The van der Waals surface area contributed by atoms with Crippen molar-refractivity contribution >= 4 is 0 Å². The standard InChI is InChI=1S/C13H18N4/c1-17-7-3-5-12(17)10-15-9-11-4-2-6-16-13(11)8-14/h2,4,6,12,15H,3,5,7,9-10H2,1H3. The zero-order valence-corrected chi connectivity index (χ0v) is 10.2. The zero-order valence-electron chi connectivity index (χ0n) is 10.2. The number of nitrogens with zero attached hydrogens (tertiary/aromatic N) is 3. The Balaban J connectivity index is 1.84. The lowest BCUT2D eigenvalue weighted by Gasteiger charge is -2.19. The van der Waals surface area contributed by atoms with Crippen molar-refractivity contribution in [2.75, 3.05) is 20.1 Å². The molecule has 2 rings (SSSR count). The Bertz CT molecular complexity index is 410. The second-order valence-corrected chi connectivity index (χ2v) is 4.53. The quantitative estimate of drug-likeness (QED) is 0.842. The fraction of sp³-hybridized carbons (Fsp3) is 0.538. The average Bonchev–Trinajstić information content (AvgIpc) is 2.76. The predicted octanol–water partition coefficient (Wildman–Crippen LogP) is 1.14. The van der Waals surface area contributed by atoms with Crippen molar-refractivity contribution in [1.29, 1.82) is 5.26 Å². The summed E-state index contributed by atoms with van der Waals surface area (Å²) in [5.74, 6) is 0. The van der Waals surface area contributed by atoms with Crippen LogP contribution in [-0.4, -0.2) is 36.1 Å². The molecule has 0 bridgehead atoms. The third kappa shape index (κ3) is 3.02. The molecule has 1 fully saturated rings. The second-order valence-electron chi connectivity index (χ2n) is 4.53. The zero-order chi connectivity index (χ0) is 12.1. The number of rotatable bonds is 4. The van der Waals surface area contributed by atoms with E-state index in [9.17, 15) is 0 Å². The number of hydrogen-bond acceptors (Lipinski definition) is 4. The highest BCUT2D eigenvalue weighted by molar-refractivity contribution is 5.30. The van der Waals surface area contributed by atoms with Crippen LogP contribution >= 0.6 is 0 Å². The monoisotopic (exact) mass is 230 g/mol. The van der Waals surface area contributed by atoms with Gasteiger partial charge < -0.3 is 10.2 Å². The van der Waals surface area contributed by atoms with E-state index in [-0.39, 0.29) is 0 Å². The molecule has 0 spiro atoms. The van der Waals surface area contributed by atoms with Crippen LogP contribution in [0.5, 0.6) is 0 Å². The van der Waals surface area contributed by atoms with E-state index in [1.807, 2.05) is 12.1 Å². The molecule has 4 heteroatoms. The molecule has 90 valence electrons. The van der Waals surface area contributed by atoms with Gasteiger partial charge in [0.05, 0.1) is 0 Å². The van der Waals surface area contributed by atoms with Crippen LogP contribution in [0.4, 0.5) is 0 Å². The van der Waals surface area contributed by atoms with Gasteiger partial charge in [-0.1, -0.05) is 6.07 Å². The number of nitriles is 1. The van der Waals surface area contributed by atoms with E-state index in [0.717, 1.165) is 18.7 Å². The minimum Gasteiger partial charge on any atom is -0.311 e. The molecule has 1 atom stereocenters. The van der Waals surface area contributed by atoms with E-state index >= 15 is 0 Å². The number of likely N-dealkylation sites (N-methyl/N-ethyl adjacent to an activating group) is 1. The molecule has 1 aliphatic heterocycles. The smallest absolute Gasteiger partial charge is 0.144 e. The summed E-state index contributed by atoms with van der Waals surface area (Å²) in [6.45, 7) is 2.90. The van der Waals surface area contributed by atoms with Crippen LogP contribution in [0.2, 0.25) is 0 Å². The summed E-state index contributed by atoms with van der Waals surface area (Å²) in [5.41, 5.74) is 1.51. The van der Waals surface area contributed by atoms with E-state index in [1.54, 1.807) is 6.20 Å². The van der Waals surface area contributed by atoms with Gasteiger partial charge in [0.25, 0.3) is 0 Å². The molecule has 17 heavy (non-hydrogen) atoms. The number of pyridine rings is 1. The highest BCUT2D eigenvalue weighted by Gasteiger charge is 2.19. The summed E-state index contributed by atoms with van der Waals surface area (Å²) in [6.07, 6.45) is 4.22. The first-order valence-corrected chi connectivity index (χ1v) is 6.06. The summed E-state index contributed by atoms with van der Waals surface area (Å²) in [6, 6.07) is 6.59. The van der Waals surface area contributed by atoms with Gasteiger partial charge in [0.2, 0.25) is 0 Å². The lowest BCUT2D eigenvalue weighted by atomic mass is 10.2. The van der Waals surface area contributed by atoms with Gasteiger partial charge in [-0.3, -0.25) is 0 Å². The number of aromatic nitrogens is 1. The first-order valence-electron chi connectivity index (χ1n) is 6.06. The molecule has 0 amide bonds. The fourth-order valence-corrected chi connectivity index (χ4v) is 2.29. The van der Waals surface area contributed by atoms with Crippen molar-refractivity contribution in [3.63, 3.8) is 0 Å². The van der Waals surface area contributed by atoms with Gasteiger partial charge in [-0.2, -0.15) is 5.26 Å². The Hall–Kier alpha value is -1.44. The molecule has 2 heterocycles. The van der Waals surface area contributed by atoms with Crippen LogP contribution in [0.25, 0.3) is 0 Å². The van der Waals surface area contributed by atoms with Crippen molar-refractivity contribution in [3.05, 3.63) is 29.6 Å². The summed E-state index contributed by atoms with van der Waals surface area (Å²) >= 11 is 0. The number of nitrogens with one attached hydrogen (secondary N) is 1. The molecule has 1 unspecified atom stereocenters. The van der Waals surface area contributed by atoms with Crippen molar-refractivity contribution in [3.8, 4) is 6.07 Å². The normalized spacial score (nSPS) is 20.4. The maximum atomic E-state index is 8.92. The van der Waals surface area contributed by atoms with Crippen LogP contribution in [0.1, 0.15) is 24.1 Å². The number of hydrogen-bond donors (Lipinski definition) is 1. The molecule has 0 aliphatic carbocycles. The van der Waals surface area contributed by atoms with Crippen LogP contribution in [0.3, 0.4) is 0 Å². The van der Waals surface area contributed by atoms with Gasteiger partial charge in [-0.15, -0.1) is 0 Å². The van der Waals surface area contributed by atoms with Crippen molar-refractivity contribution < 1.29 is 0 Å². The van der Waals surface area contributed by atoms with E-state index in [0.29, 0.717) is 11.7 Å². The predicted molar refractivity (Wildman–Crippen MR) is 66.3 cm³/mol. The maximum Gasteiger partial charge on any atom is 0.144 e. The SMILES string of the molecule is CN1CCCC1CNCc1cccnc1C#N. The van der Waals surface area contributed by atoms with Gasteiger partial charge >= 0.3 is 0 Å². The van der Waals surface area contributed by atoms with Gasteiger partial charge in [-0.25, -0.2) is 4.98 Å². The van der Waals surface area contributed by atoms with Crippen LogP contribution in [-0.2, 0) is 6.54 Å². The highest BCUT2D eigenvalue weighted by Crippen LogP contribution is 2.13. The topological polar surface area (TPSA) is 52.0 Å². The molecule has 1 saturated heterocycles. The Morgan fingerprint density at radius 2 is 2.53 bits per heavy atom. The Morgan fingerprint density at radius 1 is 1.65 bits per heavy atom. The second kappa shape index (κ2) is 5.76. The molecule has 0 saturated carbocycles. The summed E-state index contributed by atoms with van der Waals surface area (Å²) in [7, 11) is 2.17. The fourth-order valence-electron chi connectivity index (χ4n) is 2.29. The molecule has 4 nitrogen and oxygen atoms in total. The lowest BCUT2D eigenvalue weighted by molar-refractivity contribution is 0.300. The summed E-state index contributed by atoms with van der Waals surface area (Å²) in [4.78, 5) is 6.44. The van der Waals surface area contributed by atoms with Crippen LogP contribution in [0, 0.1) is 11.3 Å². The third-order valence-electron chi connectivity index (χ3n) is 3.36. The minimum absolute atomic E-state index is 0.528. The van der Waals surface area contributed by atoms with Crippen molar-refractivity contribution in [2.24, 2.45) is 0 Å². The molecule has 1 N–H and O–H groups in total. The molecular weight excluding hydrogens is 212 g/mol. The molecule has 1 aromatic rings.